The quantitative estimate of drug-likeness (QED) is 0.394. The van der Waals surface area contributed by atoms with Crippen molar-refractivity contribution in [3.8, 4) is 11.3 Å². The van der Waals surface area contributed by atoms with Crippen LogP contribution in [0.15, 0.2) is 77.5 Å². The smallest absolute Gasteiger partial charge is 0.123 e. The monoisotopic (exact) mass is 439 g/mol. The second-order valence-corrected chi connectivity index (χ2v) is 7.23. The van der Waals surface area contributed by atoms with Gasteiger partial charge in [-0.3, -0.25) is 9.67 Å². The van der Waals surface area contributed by atoms with Crippen LogP contribution in [0.3, 0.4) is 0 Å². The Hall–Kier alpha value is -2.86. The fourth-order valence-corrected chi connectivity index (χ4v) is 3.70. The molecule has 3 nitrogen and oxygen atoms in total. The summed E-state index contributed by atoms with van der Waals surface area (Å²) in [5, 5.41) is 4.83. The number of aromatic nitrogens is 3. The number of pyridine rings is 1. The van der Waals surface area contributed by atoms with Crippen molar-refractivity contribution in [1.82, 2.24) is 14.8 Å². The number of hydrogen-bond acceptors (Lipinski definition) is 2. The summed E-state index contributed by atoms with van der Waals surface area (Å²) in [6.07, 6.45) is 3.43. The molecule has 2 aromatic heterocycles. The van der Waals surface area contributed by atoms with Crippen molar-refractivity contribution < 1.29 is 8.78 Å². The van der Waals surface area contributed by atoms with Crippen molar-refractivity contribution in [3.63, 3.8) is 0 Å². The fourth-order valence-electron chi connectivity index (χ4n) is 3.21. The molecule has 6 heteroatoms. The molecule has 0 amide bonds. The summed E-state index contributed by atoms with van der Waals surface area (Å²) in [7, 11) is 0. The van der Waals surface area contributed by atoms with Crippen LogP contribution in [-0.4, -0.2) is 14.8 Å². The lowest BCUT2D eigenvalue weighted by atomic mass is 9.98. The van der Waals surface area contributed by atoms with Crippen molar-refractivity contribution in [2.24, 2.45) is 0 Å². The largest absolute Gasteiger partial charge is 0.265 e. The van der Waals surface area contributed by atoms with Gasteiger partial charge in [0, 0.05) is 18.0 Å². The maximum Gasteiger partial charge on any atom is 0.123 e. The Balaban J connectivity index is 1.90. The number of hydrogen-bond donors (Lipinski definition) is 0. The molecule has 0 aliphatic carbocycles. The van der Waals surface area contributed by atoms with E-state index in [2.05, 4.69) is 20.9 Å². The summed E-state index contributed by atoms with van der Waals surface area (Å²) in [6, 6.07) is 16.0. The first kappa shape index (κ1) is 18.5. The van der Waals surface area contributed by atoms with E-state index in [0.29, 0.717) is 0 Å². The molecule has 0 N–H and O–H groups in total. The summed E-state index contributed by atoms with van der Waals surface area (Å²) in [6.45, 7) is 1.96. The van der Waals surface area contributed by atoms with Gasteiger partial charge in [0.1, 0.15) is 23.4 Å². The van der Waals surface area contributed by atoms with Crippen LogP contribution < -0.4 is 0 Å². The molecule has 4 rings (SSSR count). The highest BCUT2D eigenvalue weighted by atomic mass is 79.9. The molecule has 2 aromatic carbocycles. The number of halogens is 3. The molecule has 0 saturated heterocycles. The molecule has 2 heterocycles. The molecule has 4 aromatic rings. The zero-order chi connectivity index (χ0) is 19.7. The van der Waals surface area contributed by atoms with Gasteiger partial charge in [0.25, 0.3) is 0 Å². The first-order valence-electron chi connectivity index (χ1n) is 8.70. The Morgan fingerprint density at radius 2 is 1.32 bits per heavy atom. The third-order valence-corrected chi connectivity index (χ3v) is 5.60. The van der Waals surface area contributed by atoms with E-state index in [1.54, 1.807) is 36.7 Å². The van der Waals surface area contributed by atoms with Crippen LogP contribution in [0.1, 0.15) is 22.9 Å². The van der Waals surface area contributed by atoms with Crippen molar-refractivity contribution >= 4 is 15.9 Å². The van der Waals surface area contributed by atoms with Gasteiger partial charge in [0.15, 0.2) is 0 Å². The Kier molecular flexibility index (Phi) is 5.05. The number of nitrogens with zero attached hydrogens (tertiary/aromatic N) is 3. The highest BCUT2D eigenvalue weighted by Gasteiger charge is 2.23. The number of rotatable bonds is 4. The van der Waals surface area contributed by atoms with Gasteiger partial charge >= 0.3 is 0 Å². The van der Waals surface area contributed by atoms with Gasteiger partial charge in [-0.15, -0.1) is 0 Å². The number of benzene rings is 2. The molecule has 0 unspecified atom stereocenters. The molecule has 0 atom stereocenters. The van der Waals surface area contributed by atoms with E-state index >= 15 is 0 Å². The van der Waals surface area contributed by atoms with Crippen molar-refractivity contribution in [1.29, 1.82) is 0 Å². The lowest BCUT2D eigenvalue weighted by Gasteiger charge is -2.20. The third kappa shape index (κ3) is 3.47. The van der Waals surface area contributed by atoms with Gasteiger partial charge in [-0.25, -0.2) is 8.78 Å². The molecular formula is C22H16BrF2N3. The second kappa shape index (κ2) is 7.64. The standard InChI is InChI=1S/C22H16BrF2N3/c1-14-20(23)21(15-10-12-26-13-11-15)27-28(14)22(16-2-6-18(24)7-3-16)17-4-8-19(25)9-5-17/h2-13,22H,1H3. The van der Waals surface area contributed by atoms with Crippen LogP contribution in [0.25, 0.3) is 11.3 Å². The van der Waals surface area contributed by atoms with E-state index in [-0.39, 0.29) is 17.7 Å². The van der Waals surface area contributed by atoms with Crippen molar-refractivity contribution in [2.45, 2.75) is 13.0 Å². The van der Waals surface area contributed by atoms with Crippen LogP contribution in [0.2, 0.25) is 0 Å². The summed E-state index contributed by atoms with van der Waals surface area (Å²) in [5.74, 6) is -0.616. The minimum absolute atomic E-state index is 0.308. The normalized spacial score (nSPS) is 11.2. The van der Waals surface area contributed by atoms with Crippen molar-refractivity contribution in [3.05, 3.63) is 106 Å². The average Bonchev–Trinajstić information content (AvgIpc) is 3.01. The maximum atomic E-state index is 13.5. The first-order chi connectivity index (χ1) is 13.5. The van der Waals surface area contributed by atoms with E-state index in [4.69, 9.17) is 5.10 Å². The van der Waals surface area contributed by atoms with Gasteiger partial charge in [-0.05, 0) is 70.4 Å². The fraction of sp³-hybridized carbons (Fsp3) is 0.0909. The van der Waals surface area contributed by atoms with E-state index in [0.717, 1.165) is 32.6 Å². The predicted molar refractivity (Wildman–Crippen MR) is 108 cm³/mol. The molecule has 0 radical (unpaired) electrons. The van der Waals surface area contributed by atoms with Crippen LogP contribution in [0.4, 0.5) is 8.78 Å². The van der Waals surface area contributed by atoms with E-state index < -0.39 is 0 Å². The predicted octanol–water partition coefficient (Wildman–Crippen LogP) is 5.93. The Morgan fingerprint density at radius 1 is 0.821 bits per heavy atom. The first-order valence-corrected chi connectivity index (χ1v) is 9.50. The van der Waals surface area contributed by atoms with Crippen LogP contribution in [0, 0.1) is 18.6 Å². The lowest BCUT2D eigenvalue weighted by molar-refractivity contribution is 0.573. The topological polar surface area (TPSA) is 30.7 Å². The average molecular weight is 440 g/mol. The molecule has 0 bridgehead atoms. The second-order valence-electron chi connectivity index (χ2n) is 6.43. The molecule has 0 fully saturated rings. The SMILES string of the molecule is Cc1c(Br)c(-c2ccncc2)nn1C(c1ccc(F)cc1)c1ccc(F)cc1. The van der Waals surface area contributed by atoms with Gasteiger partial charge in [0.2, 0.25) is 0 Å². The summed E-state index contributed by atoms with van der Waals surface area (Å²) in [4.78, 5) is 4.06. The zero-order valence-electron chi connectivity index (χ0n) is 15.0. The van der Waals surface area contributed by atoms with Crippen LogP contribution in [-0.2, 0) is 0 Å². The Morgan fingerprint density at radius 3 is 1.82 bits per heavy atom. The zero-order valence-corrected chi connectivity index (χ0v) is 16.6. The summed E-state index contributed by atoms with van der Waals surface area (Å²) >= 11 is 3.65. The molecule has 28 heavy (non-hydrogen) atoms. The lowest BCUT2D eigenvalue weighted by Crippen LogP contribution is -2.15. The Bertz CT molecular complexity index is 1050. The minimum atomic E-state index is -0.326. The highest BCUT2D eigenvalue weighted by Crippen LogP contribution is 2.35. The van der Waals surface area contributed by atoms with Gasteiger partial charge in [-0.1, -0.05) is 24.3 Å². The molecule has 0 spiro atoms. The summed E-state index contributed by atoms with van der Waals surface area (Å²) < 4.78 is 29.7. The van der Waals surface area contributed by atoms with Crippen LogP contribution >= 0.6 is 15.9 Å². The van der Waals surface area contributed by atoms with Gasteiger partial charge in [0.05, 0.1) is 10.2 Å². The summed E-state index contributed by atoms with van der Waals surface area (Å²) in [5.41, 5.74) is 4.33. The molecule has 0 aliphatic rings. The van der Waals surface area contributed by atoms with E-state index in [9.17, 15) is 8.78 Å². The van der Waals surface area contributed by atoms with Crippen molar-refractivity contribution in [2.75, 3.05) is 0 Å². The third-order valence-electron chi connectivity index (χ3n) is 4.65. The van der Waals surface area contributed by atoms with E-state index in [1.165, 1.54) is 24.3 Å². The Labute approximate surface area is 169 Å². The van der Waals surface area contributed by atoms with Gasteiger partial charge in [-0.2, -0.15) is 5.10 Å². The molecule has 140 valence electrons. The minimum Gasteiger partial charge on any atom is -0.265 e. The molecule has 0 aliphatic heterocycles. The van der Waals surface area contributed by atoms with Crippen LogP contribution in [0.5, 0.6) is 0 Å². The van der Waals surface area contributed by atoms with E-state index in [1.807, 2.05) is 23.7 Å². The molecule has 0 saturated carbocycles. The molecular weight excluding hydrogens is 424 g/mol. The van der Waals surface area contributed by atoms with Gasteiger partial charge < -0.3 is 0 Å². The highest BCUT2D eigenvalue weighted by molar-refractivity contribution is 9.10. The maximum absolute atomic E-state index is 13.5.